The molecule has 1 atom stereocenters. The Hall–Kier alpha value is -0.100. The summed E-state index contributed by atoms with van der Waals surface area (Å²) in [6.07, 6.45) is 9.68. The van der Waals surface area contributed by atoms with Crippen LogP contribution in [0.25, 0.3) is 0 Å². The first-order chi connectivity index (χ1) is 7.95. The largest absolute Gasteiger partial charge is 0.363 e. The zero-order chi connectivity index (χ0) is 13.1. The Morgan fingerprint density at radius 2 is 1.59 bits per heavy atom. The average molecular weight is 309 g/mol. The molecule has 0 amide bonds. The Kier molecular flexibility index (Phi) is 9.82. The Balaban J connectivity index is 3.45. The van der Waals surface area contributed by atoms with Crippen molar-refractivity contribution in [3.63, 3.8) is 0 Å². The van der Waals surface area contributed by atoms with E-state index in [2.05, 4.69) is 28.8 Å². The summed E-state index contributed by atoms with van der Waals surface area (Å²) in [6, 6.07) is 0. The summed E-state index contributed by atoms with van der Waals surface area (Å²) in [5, 5.41) is 0. The summed E-state index contributed by atoms with van der Waals surface area (Å²) in [4.78, 5) is -3.03. The van der Waals surface area contributed by atoms with Crippen molar-refractivity contribution in [2.24, 2.45) is 5.92 Å². The molecule has 0 nitrogen and oxygen atoms in total. The molecule has 0 aliphatic heterocycles. The van der Waals surface area contributed by atoms with Crippen molar-refractivity contribution in [3.05, 3.63) is 0 Å². The van der Waals surface area contributed by atoms with Gasteiger partial charge in [0.15, 0.2) is 0 Å². The zero-order valence-electron chi connectivity index (χ0n) is 10.9. The fraction of sp³-hybridized carbons (Fsp3) is 0.857. The van der Waals surface area contributed by atoms with Crippen molar-refractivity contribution in [1.82, 2.24) is 0 Å². The SMILES string of the molecule is CCCCCCCCCC(C)C#CC(F)(F)Br. The molecule has 1 unspecified atom stereocenters. The summed E-state index contributed by atoms with van der Waals surface area (Å²) in [5.41, 5.74) is 0. The minimum absolute atomic E-state index is 0.0640. The Bertz CT molecular complexity index is 235. The number of hydrogen-bond acceptors (Lipinski definition) is 0. The van der Waals surface area contributed by atoms with Crippen LogP contribution >= 0.6 is 15.9 Å². The molecule has 0 aliphatic rings. The van der Waals surface area contributed by atoms with Crippen molar-refractivity contribution >= 4 is 15.9 Å². The van der Waals surface area contributed by atoms with Gasteiger partial charge < -0.3 is 0 Å². The predicted molar refractivity (Wildman–Crippen MR) is 73.4 cm³/mol. The van der Waals surface area contributed by atoms with Crippen LogP contribution in [-0.4, -0.2) is 4.83 Å². The number of halogens is 3. The van der Waals surface area contributed by atoms with Crippen LogP contribution in [0.4, 0.5) is 8.78 Å². The van der Waals surface area contributed by atoms with Gasteiger partial charge in [0.25, 0.3) is 0 Å². The normalized spacial score (nSPS) is 13.0. The van der Waals surface area contributed by atoms with Gasteiger partial charge in [0.1, 0.15) is 0 Å². The highest BCUT2D eigenvalue weighted by molar-refractivity contribution is 9.10. The summed E-state index contributed by atoms with van der Waals surface area (Å²) in [7, 11) is 0. The predicted octanol–water partition coefficient (Wildman–Crippen LogP) is 5.75. The van der Waals surface area contributed by atoms with Crippen LogP contribution in [0.15, 0.2) is 0 Å². The third-order valence-electron chi connectivity index (χ3n) is 2.70. The lowest BCUT2D eigenvalue weighted by Gasteiger charge is -2.04. The van der Waals surface area contributed by atoms with E-state index in [0.717, 1.165) is 12.8 Å². The summed E-state index contributed by atoms with van der Waals surface area (Å²) < 4.78 is 24.8. The van der Waals surface area contributed by atoms with E-state index in [1.54, 1.807) is 0 Å². The van der Waals surface area contributed by atoms with Gasteiger partial charge in [-0.15, -0.1) is 0 Å². The third kappa shape index (κ3) is 13.8. The molecule has 0 saturated heterocycles. The van der Waals surface area contributed by atoms with E-state index < -0.39 is 4.83 Å². The van der Waals surface area contributed by atoms with Gasteiger partial charge in [-0.05, 0) is 12.3 Å². The van der Waals surface area contributed by atoms with E-state index in [1.807, 2.05) is 12.8 Å². The Labute approximate surface area is 113 Å². The second-order valence-corrected chi connectivity index (χ2v) is 5.57. The first-order valence-electron chi connectivity index (χ1n) is 6.55. The molecular weight excluding hydrogens is 286 g/mol. The topological polar surface area (TPSA) is 0 Å². The fourth-order valence-electron chi connectivity index (χ4n) is 1.68. The molecule has 0 bridgehead atoms. The third-order valence-corrected chi connectivity index (χ3v) is 2.90. The molecule has 0 aliphatic carbocycles. The molecule has 0 radical (unpaired) electrons. The van der Waals surface area contributed by atoms with Crippen LogP contribution in [0.5, 0.6) is 0 Å². The molecule has 0 heterocycles. The lowest BCUT2D eigenvalue weighted by atomic mass is 10.0. The molecular formula is C14H23BrF2. The average Bonchev–Trinajstić information content (AvgIpc) is 2.24. The minimum Gasteiger partial charge on any atom is -0.180 e. The van der Waals surface area contributed by atoms with Gasteiger partial charge in [-0.3, -0.25) is 0 Å². The standard InChI is InChI=1S/C14H23BrF2/c1-3-4-5-6-7-8-9-10-13(2)11-12-14(15,16)17/h13H,3-10H2,1-2H3. The smallest absolute Gasteiger partial charge is 0.180 e. The van der Waals surface area contributed by atoms with Crippen LogP contribution in [0.2, 0.25) is 0 Å². The van der Waals surface area contributed by atoms with E-state index in [1.165, 1.54) is 38.5 Å². The molecule has 100 valence electrons. The lowest BCUT2D eigenvalue weighted by Crippen LogP contribution is -2.00. The molecule has 0 aromatic carbocycles. The van der Waals surface area contributed by atoms with Crippen LogP contribution in [0, 0.1) is 17.8 Å². The second kappa shape index (κ2) is 9.88. The zero-order valence-corrected chi connectivity index (χ0v) is 12.5. The van der Waals surface area contributed by atoms with Gasteiger partial charge in [-0.25, -0.2) is 0 Å². The molecule has 0 aromatic heterocycles. The maximum atomic E-state index is 12.4. The number of alkyl halides is 3. The summed E-state index contributed by atoms with van der Waals surface area (Å²) in [6.45, 7) is 4.11. The van der Waals surface area contributed by atoms with Gasteiger partial charge in [0.2, 0.25) is 0 Å². The highest BCUT2D eigenvalue weighted by Gasteiger charge is 2.19. The van der Waals surface area contributed by atoms with Gasteiger partial charge in [-0.2, -0.15) is 8.78 Å². The molecule has 3 heteroatoms. The maximum Gasteiger partial charge on any atom is 0.363 e. The van der Waals surface area contributed by atoms with Gasteiger partial charge in [0, 0.05) is 21.8 Å². The lowest BCUT2D eigenvalue weighted by molar-refractivity contribution is 0.182. The van der Waals surface area contributed by atoms with E-state index in [0.29, 0.717) is 0 Å². The molecule has 0 aromatic rings. The number of hydrogen-bond donors (Lipinski definition) is 0. The van der Waals surface area contributed by atoms with Crippen LogP contribution in [0.3, 0.4) is 0 Å². The number of unbranched alkanes of at least 4 members (excludes halogenated alkanes) is 6. The van der Waals surface area contributed by atoms with E-state index in [-0.39, 0.29) is 5.92 Å². The molecule has 0 N–H and O–H groups in total. The van der Waals surface area contributed by atoms with Crippen molar-refractivity contribution < 1.29 is 8.78 Å². The van der Waals surface area contributed by atoms with E-state index >= 15 is 0 Å². The van der Waals surface area contributed by atoms with Crippen molar-refractivity contribution in [1.29, 1.82) is 0 Å². The fourth-order valence-corrected chi connectivity index (χ4v) is 1.80. The molecule has 0 saturated carbocycles. The van der Waals surface area contributed by atoms with E-state index in [4.69, 9.17) is 0 Å². The van der Waals surface area contributed by atoms with Crippen molar-refractivity contribution in [2.45, 2.75) is 70.0 Å². The van der Waals surface area contributed by atoms with Crippen molar-refractivity contribution in [3.8, 4) is 11.8 Å². The quantitative estimate of drug-likeness (QED) is 0.304. The van der Waals surface area contributed by atoms with Crippen LogP contribution in [-0.2, 0) is 0 Å². The highest BCUT2D eigenvalue weighted by Crippen LogP contribution is 2.20. The summed E-state index contributed by atoms with van der Waals surface area (Å²) >= 11 is 2.22. The van der Waals surface area contributed by atoms with E-state index in [9.17, 15) is 8.78 Å². The molecule has 0 rings (SSSR count). The molecule has 17 heavy (non-hydrogen) atoms. The molecule has 0 spiro atoms. The summed E-state index contributed by atoms with van der Waals surface area (Å²) in [5.74, 6) is 4.57. The Morgan fingerprint density at radius 3 is 2.12 bits per heavy atom. The maximum absolute atomic E-state index is 12.4. The van der Waals surface area contributed by atoms with Crippen LogP contribution < -0.4 is 0 Å². The number of rotatable bonds is 8. The highest BCUT2D eigenvalue weighted by atomic mass is 79.9. The second-order valence-electron chi connectivity index (χ2n) is 4.58. The minimum atomic E-state index is -3.03. The first kappa shape index (κ1) is 16.9. The van der Waals surface area contributed by atoms with Crippen molar-refractivity contribution in [2.75, 3.05) is 0 Å². The monoisotopic (exact) mass is 308 g/mol. The Morgan fingerprint density at radius 1 is 1.06 bits per heavy atom. The molecule has 0 fully saturated rings. The van der Waals surface area contributed by atoms with Gasteiger partial charge >= 0.3 is 4.83 Å². The first-order valence-corrected chi connectivity index (χ1v) is 7.34. The van der Waals surface area contributed by atoms with Gasteiger partial charge in [-0.1, -0.05) is 64.7 Å². The van der Waals surface area contributed by atoms with Gasteiger partial charge in [0.05, 0.1) is 0 Å². The van der Waals surface area contributed by atoms with Crippen LogP contribution in [0.1, 0.15) is 65.2 Å².